The Hall–Kier alpha value is -1.32. The van der Waals surface area contributed by atoms with Crippen molar-refractivity contribution in [2.45, 2.75) is 25.5 Å². The van der Waals surface area contributed by atoms with Crippen LogP contribution in [-0.2, 0) is 9.47 Å². The minimum atomic E-state index is -0.0181. The summed E-state index contributed by atoms with van der Waals surface area (Å²) in [4.78, 5) is 0. The van der Waals surface area contributed by atoms with Crippen molar-refractivity contribution < 1.29 is 9.47 Å². The number of hydrogen-bond donors (Lipinski definition) is 1. The number of benzene rings is 1. The van der Waals surface area contributed by atoms with E-state index >= 15 is 0 Å². The minimum Gasteiger partial charge on any atom is -0.496 e. The molecule has 1 N–H and O–H groups in total. The second-order valence-corrected chi connectivity index (χ2v) is 4.35. The molecule has 2 rings (SSSR count). The van der Waals surface area contributed by atoms with Crippen LogP contribution in [0.4, 0.5) is 0 Å². The molecule has 1 aliphatic rings. The molecule has 98 valence electrons. The molecule has 0 spiro atoms. The van der Waals surface area contributed by atoms with Crippen LogP contribution >= 0.6 is 0 Å². The highest BCUT2D eigenvalue weighted by molar-refractivity contribution is 5.23. The van der Waals surface area contributed by atoms with Gasteiger partial charge in [-0.1, -0.05) is 37.3 Å². The van der Waals surface area contributed by atoms with E-state index in [0.717, 1.165) is 25.3 Å². The fraction of sp³-hybridized carbons (Fsp3) is 0.467. The van der Waals surface area contributed by atoms with Gasteiger partial charge in [0.05, 0.1) is 12.6 Å². The van der Waals surface area contributed by atoms with Gasteiger partial charge in [0.1, 0.15) is 11.9 Å². The molecule has 0 bridgehead atoms. The Balaban J connectivity index is 2.21. The van der Waals surface area contributed by atoms with E-state index in [1.54, 1.807) is 7.11 Å². The van der Waals surface area contributed by atoms with Crippen LogP contribution in [0.25, 0.3) is 0 Å². The zero-order valence-electron chi connectivity index (χ0n) is 11.1. The molecule has 3 heteroatoms. The summed E-state index contributed by atoms with van der Waals surface area (Å²) in [6.45, 7) is 3.76. The Kier molecular flexibility index (Phi) is 4.79. The summed E-state index contributed by atoms with van der Waals surface area (Å²) in [7, 11) is 1.75. The van der Waals surface area contributed by atoms with Gasteiger partial charge in [-0.05, 0) is 18.2 Å². The smallest absolute Gasteiger partial charge is 0.112 e. The van der Waals surface area contributed by atoms with E-state index in [-0.39, 0.29) is 12.1 Å². The number of likely N-dealkylation sites (N-methyl/N-ethyl adjacent to an activating group) is 1. The summed E-state index contributed by atoms with van der Waals surface area (Å²) in [5.74, 6) is 1.01. The number of hydrogen-bond acceptors (Lipinski definition) is 3. The number of ether oxygens (including phenoxy) is 2. The summed E-state index contributed by atoms with van der Waals surface area (Å²) in [6.07, 6.45) is 3.13. The Labute approximate surface area is 109 Å². The van der Waals surface area contributed by atoms with Crippen LogP contribution in [0.15, 0.2) is 42.2 Å². The lowest BCUT2D eigenvalue weighted by Crippen LogP contribution is -2.37. The lowest BCUT2D eigenvalue weighted by atomic mass is 10.00. The van der Waals surface area contributed by atoms with E-state index in [2.05, 4.69) is 30.4 Å². The molecule has 18 heavy (non-hydrogen) atoms. The molecule has 1 aliphatic heterocycles. The predicted octanol–water partition coefficient (Wildman–Crippen LogP) is 2.66. The molecule has 1 aromatic carbocycles. The van der Waals surface area contributed by atoms with E-state index in [1.807, 2.05) is 18.2 Å². The molecule has 0 saturated heterocycles. The lowest BCUT2D eigenvalue weighted by Gasteiger charge is -2.27. The molecular weight excluding hydrogens is 226 g/mol. The first-order chi connectivity index (χ1) is 8.86. The molecule has 0 fully saturated rings. The van der Waals surface area contributed by atoms with Gasteiger partial charge < -0.3 is 14.8 Å². The topological polar surface area (TPSA) is 30.5 Å². The van der Waals surface area contributed by atoms with Crippen molar-refractivity contribution in [1.29, 1.82) is 0 Å². The number of nitrogens with one attached hydrogen (secondary N) is 1. The van der Waals surface area contributed by atoms with Gasteiger partial charge in [-0.15, -0.1) is 0 Å². The first-order valence-corrected chi connectivity index (χ1v) is 6.50. The van der Waals surface area contributed by atoms with Gasteiger partial charge in [0, 0.05) is 13.5 Å². The second-order valence-electron chi connectivity index (χ2n) is 4.35. The summed E-state index contributed by atoms with van der Waals surface area (Å²) < 4.78 is 11.4. The maximum Gasteiger partial charge on any atom is 0.112 e. The van der Waals surface area contributed by atoms with E-state index in [9.17, 15) is 0 Å². The Morgan fingerprint density at radius 3 is 2.67 bits per heavy atom. The Morgan fingerprint density at radius 2 is 2.11 bits per heavy atom. The van der Waals surface area contributed by atoms with Crippen LogP contribution in [0.3, 0.4) is 0 Å². The molecule has 0 aliphatic carbocycles. The van der Waals surface area contributed by atoms with Crippen molar-refractivity contribution >= 4 is 0 Å². The minimum absolute atomic E-state index is 0.0181. The third kappa shape index (κ3) is 2.92. The first kappa shape index (κ1) is 13.1. The Bertz CT molecular complexity index is 389. The van der Waals surface area contributed by atoms with Gasteiger partial charge in [0.25, 0.3) is 0 Å². The molecule has 2 atom stereocenters. The van der Waals surface area contributed by atoms with Gasteiger partial charge in [0.2, 0.25) is 0 Å². The van der Waals surface area contributed by atoms with E-state index in [0.29, 0.717) is 0 Å². The van der Waals surface area contributed by atoms with Gasteiger partial charge in [-0.3, -0.25) is 0 Å². The maximum atomic E-state index is 5.69. The standard InChI is InChI=1S/C15H21NO2/c1-3-16-14(13-10-7-11-18-13)15(17-2)12-8-5-4-6-9-12/h4-6,8-10,14-16H,3,7,11H2,1-2H3. The van der Waals surface area contributed by atoms with Crippen LogP contribution in [0, 0.1) is 0 Å². The van der Waals surface area contributed by atoms with Crippen molar-refractivity contribution in [3.63, 3.8) is 0 Å². The number of methoxy groups -OCH3 is 1. The molecule has 2 unspecified atom stereocenters. The summed E-state index contributed by atoms with van der Waals surface area (Å²) >= 11 is 0. The quantitative estimate of drug-likeness (QED) is 0.838. The average molecular weight is 247 g/mol. The molecule has 0 aromatic heterocycles. The largest absolute Gasteiger partial charge is 0.496 e. The van der Waals surface area contributed by atoms with Gasteiger partial charge >= 0.3 is 0 Å². The zero-order chi connectivity index (χ0) is 12.8. The van der Waals surface area contributed by atoms with Gasteiger partial charge in [-0.2, -0.15) is 0 Å². The number of rotatable bonds is 6. The third-order valence-corrected chi connectivity index (χ3v) is 3.15. The highest BCUT2D eigenvalue weighted by atomic mass is 16.5. The summed E-state index contributed by atoms with van der Waals surface area (Å²) in [5, 5.41) is 3.46. The van der Waals surface area contributed by atoms with Crippen molar-refractivity contribution in [2.75, 3.05) is 20.3 Å². The lowest BCUT2D eigenvalue weighted by molar-refractivity contribution is 0.0582. The molecular formula is C15H21NO2. The van der Waals surface area contributed by atoms with Crippen molar-refractivity contribution in [3.05, 3.63) is 47.7 Å². The molecule has 0 saturated carbocycles. The van der Waals surface area contributed by atoms with Crippen LogP contribution < -0.4 is 5.32 Å². The van der Waals surface area contributed by atoms with Crippen molar-refractivity contribution in [3.8, 4) is 0 Å². The maximum absolute atomic E-state index is 5.69. The van der Waals surface area contributed by atoms with Crippen LogP contribution in [0.2, 0.25) is 0 Å². The normalized spacial score (nSPS) is 18.0. The Morgan fingerprint density at radius 1 is 1.33 bits per heavy atom. The summed E-state index contributed by atoms with van der Waals surface area (Å²) in [5.41, 5.74) is 1.17. The van der Waals surface area contributed by atoms with E-state index < -0.39 is 0 Å². The molecule has 0 radical (unpaired) electrons. The third-order valence-electron chi connectivity index (χ3n) is 3.15. The highest BCUT2D eigenvalue weighted by Crippen LogP contribution is 2.27. The van der Waals surface area contributed by atoms with Gasteiger partial charge in [-0.25, -0.2) is 0 Å². The predicted molar refractivity (Wildman–Crippen MR) is 72.3 cm³/mol. The van der Waals surface area contributed by atoms with Crippen LogP contribution in [-0.4, -0.2) is 26.3 Å². The fourth-order valence-corrected chi connectivity index (χ4v) is 2.34. The van der Waals surface area contributed by atoms with Gasteiger partial charge in [0.15, 0.2) is 0 Å². The monoisotopic (exact) mass is 247 g/mol. The van der Waals surface area contributed by atoms with Crippen molar-refractivity contribution in [1.82, 2.24) is 5.32 Å². The second kappa shape index (κ2) is 6.57. The molecule has 1 aromatic rings. The fourth-order valence-electron chi connectivity index (χ4n) is 2.34. The first-order valence-electron chi connectivity index (χ1n) is 6.50. The zero-order valence-corrected chi connectivity index (χ0v) is 11.1. The van der Waals surface area contributed by atoms with Crippen molar-refractivity contribution in [2.24, 2.45) is 0 Å². The van der Waals surface area contributed by atoms with Crippen LogP contribution in [0.1, 0.15) is 25.0 Å². The molecule has 3 nitrogen and oxygen atoms in total. The van der Waals surface area contributed by atoms with E-state index in [1.165, 1.54) is 5.56 Å². The van der Waals surface area contributed by atoms with E-state index in [4.69, 9.17) is 9.47 Å². The SMILES string of the molecule is CCNC(C1=CCCO1)C(OC)c1ccccc1. The molecule has 0 amide bonds. The highest BCUT2D eigenvalue weighted by Gasteiger charge is 2.28. The molecule has 1 heterocycles. The van der Waals surface area contributed by atoms with Crippen LogP contribution in [0.5, 0.6) is 0 Å². The average Bonchev–Trinajstić information content (AvgIpc) is 2.93. The summed E-state index contributed by atoms with van der Waals surface area (Å²) in [6, 6.07) is 10.4.